The predicted octanol–water partition coefficient (Wildman–Crippen LogP) is 3.54. The minimum absolute atomic E-state index is 0.185. The molecule has 0 aliphatic rings. The Morgan fingerprint density at radius 3 is 2.64 bits per heavy atom. The number of fused-ring (bicyclic) bond motifs is 1. The van der Waals surface area contributed by atoms with Gasteiger partial charge in [-0.3, -0.25) is 9.63 Å². The third-order valence-corrected chi connectivity index (χ3v) is 5.88. The first-order valence-corrected chi connectivity index (χ1v) is 12.4. The van der Waals surface area contributed by atoms with Crippen molar-refractivity contribution in [3.8, 4) is 0 Å². The van der Waals surface area contributed by atoms with E-state index in [1.54, 1.807) is 7.05 Å². The van der Waals surface area contributed by atoms with Crippen LogP contribution in [0.1, 0.15) is 23.0 Å². The van der Waals surface area contributed by atoms with Gasteiger partial charge in [0, 0.05) is 32.7 Å². The van der Waals surface area contributed by atoms with Crippen LogP contribution in [0, 0.1) is 0 Å². The molecule has 0 spiro atoms. The second-order valence-corrected chi connectivity index (χ2v) is 13.0. The first-order valence-electron chi connectivity index (χ1n) is 8.66. The van der Waals surface area contributed by atoms with Gasteiger partial charge in [-0.15, -0.1) is 0 Å². The zero-order valence-electron chi connectivity index (χ0n) is 16.1. The second kappa shape index (κ2) is 8.12. The summed E-state index contributed by atoms with van der Waals surface area (Å²) >= 11 is 0. The largest absolute Gasteiger partial charge is 0.360 e. The molecule has 0 radical (unpaired) electrons. The van der Waals surface area contributed by atoms with Crippen LogP contribution in [0.4, 0.5) is 0 Å². The van der Waals surface area contributed by atoms with E-state index in [1.165, 1.54) is 12.2 Å². The van der Waals surface area contributed by atoms with Crippen molar-refractivity contribution in [1.82, 2.24) is 14.8 Å². The molecule has 2 rings (SSSR count). The van der Waals surface area contributed by atoms with Crippen LogP contribution in [0.15, 0.2) is 18.2 Å². The smallest absolute Gasteiger partial charge is 0.277 e. The Morgan fingerprint density at radius 2 is 2.04 bits per heavy atom. The van der Waals surface area contributed by atoms with Gasteiger partial charge in [-0.2, -0.15) is 5.10 Å². The minimum atomic E-state index is -1.11. The fraction of sp³-hybridized carbons (Fsp3) is 0.556. The van der Waals surface area contributed by atoms with Gasteiger partial charge in [0.2, 0.25) is 0 Å². The summed E-state index contributed by atoms with van der Waals surface area (Å²) in [6, 6.07) is 6.75. The van der Waals surface area contributed by atoms with Crippen LogP contribution in [0.3, 0.4) is 0 Å². The predicted molar refractivity (Wildman–Crippen MR) is 102 cm³/mol. The summed E-state index contributed by atoms with van der Waals surface area (Å²) in [7, 11) is 1.96. The van der Waals surface area contributed by atoms with Crippen LogP contribution in [0.25, 0.3) is 10.9 Å². The van der Waals surface area contributed by atoms with Crippen LogP contribution in [0.2, 0.25) is 25.7 Å². The zero-order chi connectivity index (χ0) is 18.6. The van der Waals surface area contributed by atoms with Gasteiger partial charge in [0.25, 0.3) is 5.91 Å². The van der Waals surface area contributed by atoms with Crippen molar-refractivity contribution in [3.63, 3.8) is 0 Å². The van der Waals surface area contributed by atoms with Crippen LogP contribution in [-0.4, -0.2) is 49.6 Å². The van der Waals surface area contributed by atoms with Gasteiger partial charge in [-0.1, -0.05) is 32.6 Å². The van der Waals surface area contributed by atoms with Gasteiger partial charge >= 0.3 is 0 Å². The molecule has 7 heteroatoms. The Bertz CT molecular complexity index is 737. The SMILES string of the molecule is CCc1nn(COCC[Si](C)(C)C)c2cc(C(=O)N(C)OC)ccc12. The van der Waals surface area contributed by atoms with Crippen molar-refractivity contribution in [2.45, 2.75) is 45.8 Å². The third-order valence-electron chi connectivity index (χ3n) is 4.18. The van der Waals surface area contributed by atoms with Gasteiger partial charge < -0.3 is 4.74 Å². The van der Waals surface area contributed by atoms with E-state index in [-0.39, 0.29) is 5.91 Å². The van der Waals surface area contributed by atoms with Gasteiger partial charge in [0.05, 0.1) is 18.3 Å². The van der Waals surface area contributed by atoms with Crippen molar-refractivity contribution in [2.75, 3.05) is 20.8 Å². The molecule has 0 unspecified atom stereocenters. The van der Waals surface area contributed by atoms with E-state index in [4.69, 9.17) is 9.57 Å². The average Bonchev–Trinajstić information content (AvgIpc) is 2.93. The van der Waals surface area contributed by atoms with Gasteiger partial charge in [0.15, 0.2) is 0 Å². The molecule has 0 atom stereocenters. The summed E-state index contributed by atoms with van der Waals surface area (Å²) < 4.78 is 7.69. The number of nitrogens with zero attached hydrogens (tertiary/aromatic N) is 3. The summed E-state index contributed by atoms with van der Waals surface area (Å²) in [5.74, 6) is -0.185. The van der Waals surface area contributed by atoms with E-state index in [0.29, 0.717) is 12.3 Å². The fourth-order valence-corrected chi connectivity index (χ4v) is 3.29. The highest BCUT2D eigenvalue weighted by Crippen LogP contribution is 2.22. The molecule has 0 N–H and O–H groups in total. The van der Waals surface area contributed by atoms with Crippen LogP contribution < -0.4 is 0 Å². The van der Waals surface area contributed by atoms with Crippen molar-refractivity contribution in [3.05, 3.63) is 29.5 Å². The lowest BCUT2D eigenvalue weighted by Crippen LogP contribution is -2.25. The summed E-state index contributed by atoms with van der Waals surface area (Å²) in [4.78, 5) is 17.3. The molecule has 1 aromatic heterocycles. The highest BCUT2D eigenvalue weighted by atomic mass is 28.3. The lowest BCUT2D eigenvalue weighted by atomic mass is 10.1. The summed E-state index contributed by atoms with van der Waals surface area (Å²) in [5.41, 5.74) is 2.51. The Morgan fingerprint density at radius 1 is 1.32 bits per heavy atom. The molecule has 0 fully saturated rings. The number of ether oxygens (including phenoxy) is 1. The molecule has 25 heavy (non-hydrogen) atoms. The Kier molecular flexibility index (Phi) is 6.37. The van der Waals surface area contributed by atoms with Crippen LogP contribution in [0.5, 0.6) is 0 Å². The number of hydroxylamine groups is 2. The lowest BCUT2D eigenvalue weighted by molar-refractivity contribution is -0.0756. The molecule has 0 aliphatic carbocycles. The molecule has 1 heterocycles. The van der Waals surface area contributed by atoms with Crippen molar-refractivity contribution >= 4 is 24.9 Å². The molecule has 6 nitrogen and oxygen atoms in total. The molecule has 0 aliphatic heterocycles. The topological polar surface area (TPSA) is 56.6 Å². The van der Waals surface area contributed by atoms with Crippen molar-refractivity contribution in [2.24, 2.45) is 0 Å². The van der Waals surface area contributed by atoms with Crippen molar-refractivity contribution in [1.29, 1.82) is 0 Å². The van der Waals surface area contributed by atoms with Crippen LogP contribution in [-0.2, 0) is 22.7 Å². The highest BCUT2D eigenvalue weighted by molar-refractivity contribution is 6.76. The maximum absolute atomic E-state index is 12.3. The van der Waals surface area contributed by atoms with Gasteiger partial charge in [-0.25, -0.2) is 9.75 Å². The second-order valence-electron chi connectivity index (χ2n) is 7.36. The molecular weight excluding hydrogens is 334 g/mol. The van der Waals surface area contributed by atoms with Gasteiger partial charge in [-0.05, 0) is 24.6 Å². The number of aromatic nitrogens is 2. The molecule has 1 aromatic carbocycles. The molecule has 0 saturated heterocycles. The Hall–Kier alpha value is -1.70. The number of carbonyl (C=O) groups excluding carboxylic acids is 1. The van der Waals surface area contributed by atoms with E-state index in [0.717, 1.165) is 35.7 Å². The monoisotopic (exact) mass is 363 g/mol. The molecule has 0 bridgehead atoms. The summed E-state index contributed by atoms with van der Waals surface area (Å²) in [6.07, 6.45) is 0.837. The van der Waals surface area contributed by atoms with E-state index >= 15 is 0 Å². The fourth-order valence-electron chi connectivity index (χ4n) is 2.53. The number of benzene rings is 1. The molecule has 138 valence electrons. The van der Waals surface area contributed by atoms with E-state index < -0.39 is 8.07 Å². The number of hydrogen-bond donors (Lipinski definition) is 0. The number of carbonyl (C=O) groups is 1. The third kappa shape index (κ3) is 4.90. The molecule has 0 saturated carbocycles. The highest BCUT2D eigenvalue weighted by Gasteiger charge is 2.16. The maximum Gasteiger partial charge on any atom is 0.277 e. The Labute approximate surface area is 150 Å². The quantitative estimate of drug-likeness (QED) is 0.409. The molecule has 1 amide bonds. The molecular formula is C18H29N3O3Si. The standard InChI is InChI=1S/C18H29N3O3Si/c1-7-16-15-9-8-14(18(22)20(2)23-3)12-17(15)21(19-16)13-24-10-11-25(4,5)6/h8-9,12H,7,10-11,13H2,1-6H3. The maximum atomic E-state index is 12.3. The van der Waals surface area contributed by atoms with E-state index in [9.17, 15) is 4.79 Å². The first-order chi connectivity index (χ1) is 11.8. The van der Waals surface area contributed by atoms with E-state index in [2.05, 4.69) is 31.7 Å². The molecule has 2 aromatic rings. The summed E-state index contributed by atoms with van der Waals surface area (Å²) in [6.45, 7) is 10.2. The zero-order valence-corrected chi connectivity index (χ0v) is 17.1. The first kappa shape index (κ1) is 19.6. The summed E-state index contributed by atoms with van der Waals surface area (Å²) in [5, 5.41) is 6.93. The number of hydrogen-bond acceptors (Lipinski definition) is 4. The number of amides is 1. The number of rotatable bonds is 8. The van der Waals surface area contributed by atoms with Crippen LogP contribution >= 0.6 is 0 Å². The number of aryl methyl sites for hydroxylation is 1. The van der Waals surface area contributed by atoms with Gasteiger partial charge in [0.1, 0.15) is 6.73 Å². The average molecular weight is 364 g/mol. The van der Waals surface area contributed by atoms with E-state index in [1.807, 2.05) is 22.9 Å². The lowest BCUT2D eigenvalue weighted by Gasteiger charge is -2.15. The van der Waals surface area contributed by atoms with Crippen molar-refractivity contribution < 1.29 is 14.4 Å². The minimum Gasteiger partial charge on any atom is -0.360 e. The Balaban J connectivity index is 2.24. The normalized spacial score (nSPS) is 11.9.